The Morgan fingerprint density at radius 2 is 2.30 bits per heavy atom. The lowest BCUT2D eigenvalue weighted by Crippen LogP contribution is -2.05. The van der Waals surface area contributed by atoms with Gasteiger partial charge in [-0.25, -0.2) is 4.79 Å². The summed E-state index contributed by atoms with van der Waals surface area (Å²) >= 11 is 0. The highest BCUT2D eigenvalue weighted by atomic mass is 31.1. The number of hydrogen-bond acceptors (Lipinski definition) is 4. The first-order chi connectivity index (χ1) is 4.81. The number of hydrogen-bond donors (Lipinski definition) is 0. The zero-order chi connectivity index (χ0) is 7.82. The lowest BCUT2D eigenvalue weighted by atomic mass is 10.6. The lowest BCUT2D eigenvalue weighted by molar-refractivity contribution is -0.138. The van der Waals surface area contributed by atoms with E-state index in [1.54, 1.807) is 0 Å². The normalized spacial score (nSPS) is 10.0. The maximum absolute atomic E-state index is 10.3. The largest absolute Gasteiger partial charge is 0.460 e. The predicted molar refractivity (Wildman–Crippen MR) is 37.5 cm³/mol. The van der Waals surface area contributed by atoms with E-state index in [0.717, 1.165) is 6.08 Å². The molecule has 58 valence electrons. The third-order valence-electron chi connectivity index (χ3n) is 0.680. The third-order valence-corrected chi connectivity index (χ3v) is 1.05. The number of carbonyl (C=O) groups is 1. The minimum atomic E-state index is -1.20. The maximum Gasteiger partial charge on any atom is 0.330 e. The molecule has 5 heteroatoms. The summed E-state index contributed by atoms with van der Waals surface area (Å²) < 4.78 is 18.7. The Morgan fingerprint density at radius 1 is 1.60 bits per heavy atom. The Bertz CT molecular complexity index is 134. The quantitative estimate of drug-likeness (QED) is 0.255. The fraction of sp³-hybridized carbons (Fsp3) is 0.400. The third kappa shape index (κ3) is 5.54. The average molecular weight is 164 g/mol. The van der Waals surface area contributed by atoms with Crippen molar-refractivity contribution in [3.8, 4) is 0 Å². The van der Waals surface area contributed by atoms with Crippen LogP contribution in [0.1, 0.15) is 0 Å². The molecule has 0 fully saturated rings. The van der Waals surface area contributed by atoms with Crippen molar-refractivity contribution in [3.05, 3.63) is 12.7 Å². The Labute approximate surface area is 60.1 Å². The zero-order valence-electron chi connectivity index (χ0n) is 5.41. The Morgan fingerprint density at radius 3 is 2.80 bits per heavy atom. The Balaban J connectivity index is 3.11. The number of rotatable bonds is 5. The standard InChI is InChI=1S/C5H9O4P/c1-2-5(6)8-3-4-9-10-7/h2H,1,3-4,10H2. The van der Waals surface area contributed by atoms with Crippen LogP contribution in [0.3, 0.4) is 0 Å². The number of ether oxygens (including phenoxy) is 1. The van der Waals surface area contributed by atoms with Gasteiger partial charge < -0.3 is 9.26 Å². The van der Waals surface area contributed by atoms with E-state index in [-0.39, 0.29) is 13.2 Å². The van der Waals surface area contributed by atoms with Crippen molar-refractivity contribution >= 4 is 14.7 Å². The number of esters is 1. The van der Waals surface area contributed by atoms with E-state index < -0.39 is 14.7 Å². The Hall–Kier alpha value is -0.600. The molecule has 0 aliphatic carbocycles. The second-order valence-electron chi connectivity index (χ2n) is 1.34. The second kappa shape index (κ2) is 6.52. The molecule has 0 amide bonds. The van der Waals surface area contributed by atoms with Crippen LogP contribution in [0.15, 0.2) is 12.7 Å². The molecular weight excluding hydrogens is 155 g/mol. The fourth-order valence-electron chi connectivity index (χ4n) is 0.297. The van der Waals surface area contributed by atoms with Gasteiger partial charge in [0.25, 0.3) is 0 Å². The highest BCUT2D eigenvalue weighted by molar-refractivity contribution is 7.17. The van der Waals surface area contributed by atoms with Crippen molar-refractivity contribution in [2.24, 2.45) is 0 Å². The predicted octanol–water partition coefficient (Wildman–Crippen LogP) is 0.403. The van der Waals surface area contributed by atoms with Crippen molar-refractivity contribution in [1.29, 1.82) is 0 Å². The fourth-order valence-corrected chi connectivity index (χ4v) is 0.490. The molecule has 0 saturated heterocycles. The van der Waals surface area contributed by atoms with Crippen LogP contribution in [0.4, 0.5) is 0 Å². The van der Waals surface area contributed by atoms with Crippen LogP contribution in [0.5, 0.6) is 0 Å². The highest BCUT2D eigenvalue weighted by Crippen LogP contribution is 1.92. The monoisotopic (exact) mass is 164 g/mol. The van der Waals surface area contributed by atoms with E-state index >= 15 is 0 Å². The molecular formula is C5H9O4P. The minimum Gasteiger partial charge on any atom is -0.460 e. The molecule has 0 heterocycles. The molecule has 0 spiro atoms. The summed E-state index contributed by atoms with van der Waals surface area (Å²) in [6, 6.07) is 0. The molecule has 4 nitrogen and oxygen atoms in total. The molecule has 0 saturated carbocycles. The van der Waals surface area contributed by atoms with Gasteiger partial charge in [0.1, 0.15) is 6.61 Å². The van der Waals surface area contributed by atoms with E-state index in [0.29, 0.717) is 0 Å². The minimum absolute atomic E-state index is 0.125. The van der Waals surface area contributed by atoms with Crippen LogP contribution in [-0.2, 0) is 18.6 Å². The van der Waals surface area contributed by atoms with Gasteiger partial charge >= 0.3 is 5.97 Å². The van der Waals surface area contributed by atoms with Crippen molar-refractivity contribution in [2.75, 3.05) is 13.2 Å². The highest BCUT2D eigenvalue weighted by Gasteiger charge is 1.92. The first kappa shape index (κ1) is 9.40. The van der Waals surface area contributed by atoms with Gasteiger partial charge in [-0.15, -0.1) is 0 Å². The molecule has 0 bridgehead atoms. The molecule has 0 aliphatic rings. The summed E-state index contributed by atoms with van der Waals surface area (Å²) in [7, 11) is -1.20. The SMILES string of the molecule is C=CC(=O)OCCO[PH2]=O. The first-order valence-corrected chi connectivity index (χ1v) is 3.60. The molecule has 0 aromatic rings. The van der Waals surface area contributed by atoms with Crippen LogP contribution >= 0.6 is 8.69 Å². The van der Waals surface area contributed by atoms with Crippen LogP contribution in [0.2, 0.25) is 0 Å². The van der Waals surface area contributed by atoms with E-state index in [2.05, 4.69) is 15.8 Å². The molecule has 0 rings (SSSR count). The summed E-state index contributed by atoms with van der Waals surface area (Å²) in [5, 5.41) is 0. The van der Waals surface area contributed by atoms with E-state index in [1.165, 1.54) is 0 Å². The molecule has 1 atom stereocenters. The van der Waals surface area contributed by atoms with Crippen molar-refractivity contribution in [1.82, 2.24) is 0 Å². The molecule has 0 N–H and O–H groups in total. The van der Waals surface area contributed by atoms with Crippen LogP contribution in [-0.4, -0.2) is 19.2 Å². The van der Waals surface area contributed by atoms with Gasteiger partial charge in [0.15, 0.2) is 8.69 Å². The first-order valence-electron chi connectivity index (χ1n) is 2.65. The van der Waals surface area contributed by atoms with Gasteiger partial charge in [-0.05, 0) is 0 Å². The van der Waals surface area contributed by atoms with E-state index in [9.17, 15) is 9.36 Å². The smallest absolute Gasteiger partial charge is 0.330 e. The second-order valence-corrected chi connectivity index (χ2v) is 1.86. The molecule has 0 aromatic heterocycles. The molecule has 0 aromatic carbocycles. The molecule has 10 heavy (non-hydrogen) atoms. The van der Waals surface area contributed by atoms with E-state index in [1.807, 2.05) is 0 Å². The number of carbonyl (C=O) groups excluding carboxylic acids is 1. The van der Waals surface area contributed by atoms with Gasteiger partial charge in [0.05, 0.1) is 6.61 Å². The summed E-state index contributed by atoms with van der Waals surface area (Å²) in [5.74, 6) is -0.496. The van der Waals surface area contributed by atoms with Crippen LogP contribution in [0, 0.1) is 0 Å². The van der Waals surface area contributed by atoms with Crippen molar-refractivity contribution < 1.29 is 18.6 Å². The van der Waals surface area contributed by atoms with Gasteiger partial charge in [-0.2, -0.15) is 0 Å². The van der Waals surface area contributed by atoms with Gasteiger partial charge in [0.2, 0.25) is 0 Å². The molecule has 0 aliphatic heterocycles. The topological polar surface area (TPSA) is 52.6 Å². The molecule has 0 radical (unpaired) electrons. The van der Waals surface area contributed by atoms with Gasteiger partial charge in [-0.1, -0.05) is 6.58 Å². The van der Waals surface area contributed by atoms with Gasteiger partial charge in [0, 0.05) is 6.08 Å². The van der Waals surface area contributed by atoms with E-state index in [4.69, 9.17) is 0 Å². The van der Waals surface area contributed by atoms with Crippen LogP contribution in [0.25, 0.3) is 0 Å². The molecule has 1 unspecified atom stereocenters. The maximum atomic E-state index is 10.3. The van der Waals surface area contributed by atoms with Gasteiger partial charge in [-0.3, -0.25) is 4.57 Å². The Kier molecular flexibility index (Phi) is 6.13. The summed E-state index contributed by atoms with van der Waals surface area (Å²) in [6.07, 6.45) is 1.06. The summed E-state index contributed by atoms with van der Waals surface area (Å²) in [5.41, 5.74) is 0. The zero-order valence-corrected chi connectivity index (χ0v) is 6.56. The summed E-state index contributed by atoms with van der Waals surface area (Å²) in [4.78, 5) is 10.3. The lowest BCUT2D eigenvalue weighted by Gasteiger charge is -1.97. The van der Waals surface area contributed by atoms with Crippen molar-refractivity contribution in [2.45, 2.75) is 0 Å². The van der Waals surface area contributed by atoms with Crippen LogP contribution < -0.4 is 0 Å². The van der Waals surface area contributed by atoms with Crippen molar-refractivity contribution in [3.63, 3.8) is 0 Å². The average Bonchev–Trinajstić information content (AvgIpc) is 1.98. The summed E-state index contributed by atoms with van der Waals surface area (Å²) in [6.45, 7) is 3.49.